The van der Waals surface area contributed by atoms with Crippen molar-refractivity contribution in [3.05, 3.63) is 23.0 Å². The molecule has 5 heteroatoms. The number of hydrogen-bond acceptors (Lipinski definition) is 4. The molecule has 2 heterocycles. The standard InChI is InChI=1S/C13H15N3O2/c1-7-6-9(13(17)18-3)10-11(8-4-5-8)15-16(2)12(10)14-7/h6,8H,4-5H2,1-3H3. The van der Waals surface area contributed by atoms with Crippen molar-refractivity contribution in [2.24, 2.45) is 7.05 Å². The molecule has 1 saturated carbocycles. The highest BCUT2D eigenvalue weighted by Crippen LogP contribution is 2.43. The first-order valence-electron chi connectivity index (χ1n) is 6.04. The van der Waals surface area contributed by atoms with Gasteiger partial charge in [0.2, 0.25) is 0 Å². The van der Waals surface area contributed by atoms with Crippen molar-refractivity contribution >= 4 is 17.0 Å². The van der Waals surface area contributed by atoms with E-state index in [2.05, 4.69) is 10.1 Å². The SMILES string of the molecule is COC(=O)c1cc(C)nc2c1c(C1CC1)nn2C. The lowest BCUT2D eigenvalue weighted by atomic mass is 10.1. The second-order valence-electron chi connectivity index (χ2n) is 4.78. The molecule has 0 N–H and O–H groups in total. The fourth-order valence-corrected chi connectivity index (χ4v) is 2.32. The van der Waals surface area contributed by atoms with Crippen LogP contribution in [0.3, 0.4) is 0 Å². The molecule has 0 bridgehead atoms. The highest BCUT2D eigenvalue weighted by Gasteiger charge is 2.31. The molecule has 0 spiro atoms. The summed E-state index contributed by atoms with van der Waals surface area (Å²) in [5.74, 6) is 0.155. The molecule has 0 saturated heterocycles. The van der Waals surface area contributed by atoms with Gasteiger partial charge >= 0.3 is 5.97 Å². The van der Waals surface area contributed by atoms with E-state index in [0.29, 0.717) is 11.5 Å². The van der Waals surface area contributed by atoms with Crippen molar-refractivity contribution in [3.63, 3.8) is 0 Å². The van der Waals surface area contributed by atoms with Gasteiger partial charge in [-0.05, 0) is 25.8 Å². The van der Waals surface area contributed by atoms with Crippen LogP contribution in [0, 0.1) is 6.92 Å². The molecule has 5 nitrogen and oxygen atoms in total. The summed E-state index contributed by atoms with van der Waals surface area (Å²) in [6, 6.07) is 1.78. The van der Waals surface area contributed by atoms with E-state index in [9.17, 15) is 4.79 Å². The number of pyridine rings is 1. The first-order valence-corrected chi connectivity index (χ1v) is 6.04. The molecule has 0 amide bonds. The molecule has 0 aliphatic heterocycles. The Morgan fingerprint density at radius 2 is 2.22 bits per heavy atom. The zero-order valence-electron chi connectivity index (χ0n) is 10.7. The van der Waals surface area contributed by atoms with Gasteiger partial charge in [-0.1, -0.05) is 0 Å². The van der Waals surface area contributed by atoms with Gasteiger partial charge in [-0.25, -0.2) is 9.78 Å². The number of carbonyl (C=O) groups excluding carboxylic acids is 1. The van der Waals surface area contributed by atoms with Gasteiger partial charge in [-0.15, -0.1) is 0 Å². The fourth-order valence-electron chi connectivity index (χ4n) is 2.32. The third-order valence-electron chi connectivity index (χ3n) is 3.32. The van der Waals surface area contributed by atoms with Crippen LogP contribution in [-0.2, 0) is 11.8 Å². The maximum atomic E-state index is 11.9. The highest BCUT2D eigenvalue weighted by molar-refractivity contribution is 6.04. The number of hydrogen-bond donors (Lipinski definition) is 0. The third kappa shape index (κ3) is 1.58. The second-order valence-corrected chi connectivity index (χ2v) is 4.78. The summed E-state index contributed by atoms with van der Waals surface area (Å²) < 4.78 is 6.61. The summed E-state index contributed by atoms with van der Waals surface area (Å²) in [5.41, 5.74) is 3.13. The normalized spacial score (nSPS) is 15.1. The van der Waals surface area contributed by atoms with Crippen molar-refractivity contribution in [2.75, 3.05) is 7.11 Å². The Kier molecular flexibility index (Phi) is 2.36. The predicted molar refractivity (Wildman–Crippen MR) is 66.6 cm³/mol. The summed E-state index contributed by atoms with van der Waals surface area (Å²) in [6.45, 7) is 1.87. The number of rotatable bonds is 2. The molecule has 0 atom stereocenters. The summed E-state index contributed by atoms with van der Waals surface area (Å²) in [5, 5.41) is 5.38. The Morgan fingerprint density at radius 3 is 2.83 bits per heavy atom. The number of nitrogens with zero attached hydrogens (tertiary/aromatic N) is 3. The van der Waals surface area contributed by atoms with Crippen LogP contribution in [0.25, 0.3) is 11.0 Å². The van der Waals surface area contributed by atoms with Crippen LogP contribution < -0.4 is 0 Å². The van der Waals surface area contributed by atoms with Crippen LogP contribution in [0.15, 0.2) is 6.07 Å². The van der Waals surface area contributed by atoms with Crippen molar-refractivity contribution in [1.29, 1.82) is 0 Å². The number of fused-ring (bicyclic) bond motifs is 1. The summed E-state index contributed by atoms with van der Waals surface area (Å²) >= 11 is 0. The molecule has 0 radical (unpaired) electrons. The van der Waals surface area contributed by atoms with Crippen LogP contribution in [-0.4, -0.2) is 27.8 Å². The van der Waals surface area contributed by atoms with Crippen molar-refractivity contribution in [2.45, 2.75) is 25.7 Å². The first kappa shape index (κ1) is 11.2. The van der Waals surface area contributed by atoms with Gasteiger partial charge in [-0.3, -0.25) is 4.68 Å². The lowest BCUT2D eigenvalue weighted by Crippen LogP contribution is -2.04. The average molecular weight is 245 g/mol. The first-order chi connectivity index (χ1) is 8.61. The number of aromatic nitrogens is 3. The Morgan fingerprint density at radius 1 is 1.50 bits per heavy atom. The minimum atomic E-state index is -0.319. The number of esters is 1. The fraction of sp³-hybridized carbons (Fsp3) is 0.462. The molecular formula is C13H15N3O2. The van der Waals surface area contributed by atoms with Crippen LogP contribution >= 0.6 is 0 Å². The molecule has 0 unspecified atom stereocenters. The average Bonchev–Trinajstić information content (AvgIpc) is 3.14. The minimum Gasteiger partial charge on any atom is -0.465 e. The van der Waals surface area contributed by atoms with E-state index in [-0.39, 0.29) is 5.97 Å². The van der Waals surface area contributed by atoms with Gasteiger partial charge in [0.15, 0.2) is 5.65 Å². The van der Waals surface area contributed by atoms with E-state index in [1.165, 1.54) is 7.11 Å². The molecule has 2 aromatic heterocycles. The van der Waals surface area contributed by atoms with Crippen molar-refractivity contribution in [1.82, 2.24) is 14.8 Å². The Labute approximate surface area is 105 Å². The molecule has 1 fully saturated rings. The number of carbonyl (C=O) groups is 1. The number of aryl methyl sites for hydroxylation is 2. The molecule has 0 aromatic carbocycles. The van der Waals surface area contributed by atoms with Gasteiger partial charge in [0.1, 0.15) is 0 Å². The smallest absolute Gasteiger partial charge is 0.338 e. The monoisotopic (exact) mass is 245 g/mol. The van der Waals surface area contributed by atoms with E-state index >= 15 is 0 Å². The van der Waals surface area contributed by atoms with Gasteiger partial charge in [-0.2, -0.15) is 5.10 Å². The molecule has 1 aliphatic rings. The molecule has 2 aromatic rings. The second kappa shape index (κ2) is 3.80. The largest absolute Gasteiger partial charge is 0.465 e. The molecular weight excluding hydrogens is 230 g/mol. The maximum Gasteiger partial charge on any atom is 0.338 e. The number of ether oxygens (including phenoxy) is 1. The Hall–Kier alpha value is -1.91. The predicted octanol–water partition coefficient (Wildman–Crippen LogP) is 1.94. The lowest BCUT2D eigenvalue weighted by Gasteiger charge is -2.04. The minimum absolute atomic E-state index is 0.319. The Bertz CT molecular complexity index is 641. The van der Waals surface area contributed by atoms with Gasteiger partial charge in [0.25, 0.3) is 0 Å². The molecule has 94 valence electrons. The zero-order chi connectivity index (χ0) is 12.9. The zero-order valence-corrected chi connectivity index (χ0v) is 10.7. The van der Waals surface area contributed by atoms with E-state index in [0.717, 1.165) is 35.3 Å². The summed E-state index contributed by atoms with van der Waals surface area (Å²) in [4.78, 5) is 16.4. The van der Waals surface area contributed by atoms with E-state index in [1.54, 1.807) is 10.7 Å². The van der Waals surface area contributed by atoms with Gasteiger partial charge < -0.3 is 4.74 Å². The lowest BCUT2D eigenvalue weighted by molar-refractivity contribution is 0.0602. The Balaban J connectivity index is 2.35. The van der Waals surface area contributed by atoms with Crippen molar-refractivity contribution < 1.29 is 9.53 Å². The molecule has 18 heavy (non-hydrogen) atoms. The maximum absolute atomic E-state index is 11.9. The van der Waals surface area contributed by atoms with Gasteiger partial charge in [0, 0.05) is 18.7 Å². The van der Waals surface area contributed by atoms with Crippen LogP contribution in [0.2, 0.25) is 0 Å². The summed E-state index contributed by atoms with van der Waals surface area (Å²) in [7, 11) is 3.26. The van der Waals surface area contributed by atoms with E-state index < -0.39 is 0 Å². The topological polar surface area (TPSA) is 57.0 Å². The van der Waals surface area contributed by atoms with Crippen LogP contribution in [0.5, 0.6) is 0 Å². The molecule has 1 aliphatic carbocycles. The van der Waals surface area contributed by atoms with Gasteiger partial charge in [0.05, 0.1) is 23.8 Å². The van der Waals surface area contributed by atoms with Crippen LogP contribution in [0.1, 0.15) is 40.5 Å². The van der Waals surface area contributed by atoms with Crippen LogP contribution in [0.4, 0.5) is 0 Å². The van der Waals surface area contributed by atoms with E-state index in [4.69, 9.17) is 4.74 Å². The quantitative estimate of drug-likeness (QED) is 0.759. The summed E-state index contributed by atoms with van der Waals surface area (Å²) in [6.07, 6.45) is 2.28. The van der Waals surface area contributed by atoms with Crippen molar-refractivity contribution in [3.8, 4) is 0 Å². The highest BCUT2D eigenvalue weighted by atomic mass is 16.5. The van der Waals surface area contributed by atoms with E-state index in [1.807, 2.05) is 14.0 Å². The molecule has 3 rings (SSSR count). The third-order valence-corrected chi connectivity index (χ3v) is 3.32. The number of methoxy groups -OCH3 is 1.